The van der Waals surface area contributed by atoms with Crippen LogP contribution in [-0.4, -0.2) is 17.6 Å². The van der Waals surface area contributed by atoms with E-state index in [4.69, 9.17) is 9.15 Å². The Kier molecular flexibility index (Phi) is 2.29. The quantitative estimate of drug-likeness (QED) is 0.753. The Morgan fingerprint density at radius 2 is 2.33 bits per heavy atom. The van der Waals surface area contributed by atoms with Crippen molar-refractivity contribution < 1.29 is 13.9 Å². The van der Waals surface area contributed by atoms with Crippen LogP contribution in [0.4, 0.5) is 0 Å². The molecule has 2 rings (SSSR count). The van der Waals surface area contributed by atoms with E-state index >= 15 is 0 Å². The van der Waals surface area contributed by atoms with E-state index in [0.717, 1.165) is 0 Å². The minimum Gasteiger partial charge on any atom is -0.462 e. The fourth-order valence-electron chi connectivity index (χ4n) is 1.29. The van der Waals surface area contributed by atoms with Crippen molar-refractivity contribution in [2.45, 2.75) is 6.92 Å². The summed E-state index contributed by atoms with van der Waals surface area (Å²) in [6.07, 6.45) is 0. The second-order valence-corrected chi connectivity index (χ2v) is 2.95. The van der Waals surface area contributed by atoms with Gasteiger partial charge in [-0.15, -0.1) is 0 Å². The summed E-state index contributed by atoms with van der Waals surface area (Å²) in [6, 6.07) is 4.66. The Bertz CT molecular complexity index is 552. The van der Waals surface area contributed by atoms with Crippen LogP contribution in [0.1, 0.15) is 17.3 Å². The van der Waals surface area contributed by atoms with Crippen molar-refractivity contribution >= 4 is 17.1 Å². The number of ether oxygens (including phenoxy) is 1. The van der Waals surface area contributed by atoms with Crippen molar-refractivity contribution in [3.63, 3.8) is 0 Å². The van der Waals surface area contributed by atoms with Crippen molar-refractivity contribution in [2.24, 2.45) is 0 Å². The van der Waals surface area contributed by atoms with Crippen LogP contribution >= 0.6 is 0 Å². The summed E-state index contributed by atoms with van der Waals surface area (Å²) >= 11 is 0. The van der Waals surface area contributed by atoms with Gasteiger partial charge in [0.2, 0.25) is 0 Å². The van der Waals surface area contributed by atoms with Crippen LogP contribution in [0.3, 0.4) is 0 Å². The first-order valence-corrected chi connectivity index (χ1v) is 4.50. The number of fused-ring (bicyclic) bond motifs is 1. The van der Waals surface area contributed by atoms with E-state index < -0.39 is 11.7 Å². The minimum absolute atomic E-state index is 0.313. The van der Waals surface area contributed by atoms with Gasteiger partial charge in [0.15, 0.2) is 5.58 Å². The molecule has 0 spiro atoms. The number of nitrogens with one attached hydrogen (secondary N) is 1. The SMILES string of the molecule is CCOC(=O)c1ccc2[nH]c(=O)oc2c1. The van der Waals surface area contributed by atoms with Gasteiger partial charge in [-0.05, 0) is 25.1 Å². The fraction of sp³-hybridized carbons (Fsp3) is 0.200. The second-order valence-electron chi connectivity index (χ2n) is 2.95. The highest BCUT2D eigenvalue weighted by molar-refractivity contribution is 5.93. The normalized spacial score (nSPS) is 10.5. The van der Waals surface area contributed by atoms with Crippen molar-refractivity contribution in [3.05, 3.63) is 34.3 Å². The van der Waals surface area contributed by atoms with Crippen LogP contribution in [0.2, 0.25) is 0 Å². The largest absolute Gasteiger partial charge is 0.462 e. The highest BCUT2D eigenvalue weighted by Crippen LogP contribution is 2.12. The van der Waals surface area contributed by atoms with Crippen molar-refractivity contribution in [1.29, 1.82) is 0 Å². The number of hydrogen-bond donors (Lipinski definition) is 1. The molecule has 1 heterocycles. The van der Waals surface area contributed by atoms with Crippen LogP contribution < -0.4 is 5.76 Å². The first-order valence-electron chi connectivity index (χ1n) is 4.50. The average Bonchev–Trinajstić information content (AvgIpc) is 2.57. The zero-order valence-electron chi connectivity index (χ0n) is 8.07. The molecule has 2 aromatic rings. The predicted molar refractivity (Wildman–Crippen MR) is 52.8 cm³/mol. The molecule has 0 unspecified atom stereocenters. The lowest BCUT2D eigenvalue weighted by Gasteiger charge is -2.00. The van der Waals surface area contributed by atoms with E-state index in [1.807, 2.05) is 0 Å². The van der Waals surface area contributed by atoms with Gasteiger partial charge < -0.3 is 9.15 Å². The standard InChI is InChI=1S/C10H9NO4/c1-2-14-9(12)6-3-4-7-8(5-6)15-10(13)11-7/h3-5H,2H2,1H3,(H,11,13). The molecule has 0 saturated carbocycles. The molecular formula is C10H9NO4. The van der Waals surface area contributed by atoms with Gasteiger partial charge in [0, 0.05) is 0 Å². The number of benzene rings is 1. The molecule has 0 aliphatic rings. The summed E-state index contributed by atoms with van der Waals surface area (Å²) in [7, 11) is 0. The summed E-state index contributed by atoms with van der Waals surface area (Å²) in [4.78, 5) is 24.7. The van der Waals surface area contributed by atoms with Crippen LogP contribution in [0.5, 0.6) is 0 Å². The van der Waals surface area contributed by atoms with Crippen molar-refractivity contribution in [3.8, 4) is 0 Å². The Balaban J connectivity index is 2.46. The highest BCUT2D eigenvalue weighted by Gasteiger charge is 2.09. The molecule has 0 radical (unpaired) electrons. The van der Waals surface area contributed by atoms with Crippen LogP contribution in [0, 0.1) is 0 Å². The van der Waals surface area contributed by atoms with E-state index in [9.17, 15) is 9.59 Å². The smallest absolute Gasteiger partial charge is 0.417 e. The van der Waals surface area contributed by atoms with E-state index in [1.165, 1.54) is 6.07 Å². The molecule has 0 bridgehead atoms. The van der Waals surface area contributed by atoms with Gasteiger partial charge in [-0.25, -0.2) is 9.59 Å². The summed E-state index contributed by atoms with van der Waals surface area (Å²) in [6.45, 7) is 2.04. The Morgan fingerprint density at radius 1 is 1.53 bits per heavy atom. The van der Waals surface area contributed by atoms with Crippen LogP contribution in [0.15, 0.2) is 27.4 Å². The summed E-state index contributed by atoms with van der Waals surface area (Å²) in [5.74, 6) is -0.964. The number of H-pyrrole nitrogens is 1. The number of oxazole rings is 1. The third kappa shape index (κ3) is 1.76. The molecule has 0 saturated heterocycles. The second kappa shape index (κ2) is 3.61. The van der Waals surface area contributed by atoms with Gasteiger partial charge in [0.05, 0.1) is 17.7 Å². The van der Waals surface area contributed by atoms with E-state index in [1.54, 1.807) is 19.1 Å². The first kappa shape index (κ1) is 9.51. The van der Waals surface area contributed by atoms with E-state index in [0.29, 0.717) is 23.3 Å². The van der Waals surface area contributed by atoms with Crippen molar-refractivity contribution in [2.75, 3.05) is 6.61 Å². The molecule has 0 atom stereocenters. The monoisotopic (exact) mass is 207 g/mol. The molecule has 1 aromatic carbocycles. The maximum absolute atomic E-state index is 11.3. The molecule has 0 amide bonds. The van der Waals surface area contributed by atoms with E-state index in [-0.39, 0.29) is 0 Å². The molecule has 1 aromatic heterocycles. The number of carbonyl (C=O) groups is 1. The lowest BCUT2D eigenvalue weighted by atomic mass is 10.2. The number of aromatic amines is 1. The van der Waals surface area contributed by atoms with Crippen LogP contribution in [-0.2, 0) is 4.74 Å². The third-order valence-corrected chi connectivity index (χ3v) is 1.93. The lowest BCUT2D eigenvalue weighted by molar-refractivity contribution is 0.0526. The topological polar surface area (TPSA) is 72.3 Å². The maximum Gasteiger partial charge on any atom is 0.417 e. The number of aromatic nitrogens is 1. The number of hydrogen-bond acceptors (Lipinski definition) is 4. The maximum atomic E-state index is 11.3. The van der Waals surface area contributed by atoms with Gasteiger partial charge in [-0.3, -0.25) is 4.98 Å². The molecule has 5 heteroatoms. The zero-order valence-corrected chi connectivity index (χ0v) is 8.07. The Morgan fingerprint density at radius 3 is 3.07 bits per heavy atom. The van der Waals surface area contributed by atoms with Crippen molar-refractivity contribution in [1.82, 2.24) is 4.98 Å². The summed E-state index contributed by atoms with van der Waals surface area (Å²) < 4.78 is 9.63. The molecule has 15 heavy (non-hydrogen) atoms. The third-order valence-electron chi connectivity index (χ3n) is 1.93. The minimum atomic E-state index is -0.536. The highest BCUT2D eigenvalue weighted by atomic mass is 16.5. The summed E-state index contributed by atoms with van der Waals surface area (Å²) in [5.41, 5.74) is 1.28. The molecule has 5 nitrogen and oxygen atoms in total. The number of esters is 1. The van der Waals surface area contributed by atoms with Gasteiger partial charge >= 0.3 is 11.7 Å². The number of rotatable bonds is 2. The summed E-state index contributed by atoms with van der Waals surface area (Å²) in [5, 5.41) is 0. The van der Waals surface area contributed by atoms with Gasteiger partial charge in [0.1, 0.15) is 0 Å². The molecule has 0 fully saturated rings. The zero-order chi connectivity index (χ0) is 10.8. The fourth-order valence-corrected chi connectivity index (χ4v) is 1.29. The molecule has 0 aliphatic heterocycles. The Labute approximate surface area is 84.7 Å². The molecule has 78 valence electrons. The first-order chi connectivity index (χ1) is 7.20. The Hall–Kier alpha value is -2.04. The molecular weight excluding hydrogens is 198 g/mol. The predicted octanol–water partition coefficient (Wildman–Crippen LogP) is 1.30. The van der Waals surface area contributed by atoms with Crippen LogP contribution in [0.25, 0.3) is 11.1 Å². The average molecular weight is 207 g/mol. The lowest BCUT2D eigenvalue weighted by Crippen LogP contribution is -2.03. The van der Waals surface area contributed by atoms with Gasteiger partial charge in [0.25, 0.3) is 0 Å². The molecule has 1 N–H and O–H groups in total. The van der Waals surface area contributed by atoms with E-state index in [2.05, 4.69) is 4.98 Å². The van der Waals surface area contributed by atoms with Gasteiger partial charge in [-0.1, -0.05) is 0 Å². The molecule has 0 aliphatic carbocycles. The number of carbonyl (C=O) groups excluding carboxylic acids is 1. The van der Waals surface area contributed by atoms with Gasteiger partial charge in [-0.2, -0.15) is 0 Å².